The molecule has 0 aliphatic heterocycles. The molecular weight excluding hydrogens is 178 g/mol. The van der Waals surface area contributed by atoms with Crippen molar-refractivity contribution in [2.24, 2.45) is 10.9 Å². The molecule has 0 spiro atoms. The topological polar surface area (TPSA) is 47.6 Å². The van der Waals surface area contributed by atoms with Crippen molar-refractivity contribution in [3.8, 4) is 5.75 Å². The van der Waals surface area contributed by atoms with Crippen molar-refractivity contribution in [1.29, 1.82) is 0 Å². The molecule has 1 aromatic carbocycles. The maximum absolute atomic E-state index is 11.8. The van der Waals surface area contributed by atoms with Crippen molar-refractivity contribution in [3.05, 3.63) is 29.8 Å². The van der Waals surface area contributed by atoms with Gasteiger partial charge in [-0.25, -0.2) is 0 Å². The Labute approximate surface area is 73.8 Å². The van der Waals surface area contributed by atoms with Gasteiger partial charge in [-0.2, -0.15) is 13.9 Å². The molecule has 0 fully saturated rings. The predicted octanol–water partition coefficient (Wildman–Crippen LogP) is 1.58. The number of ether oxygens (including phenoxy) is 1. The first-order valence-electron chi connectivity index (χ1n) is 3.51. The molecule has 0 aliphatic rings. The Hall–Kier alpha value is -1.65. The third kappa shape index (κ3) is 2.70. The molecule has 0 saturated carbocycles. The molecule has 0 unspecified atom stereocenters. The molecular formula is C8H8F2N2O. The van der Waals surface area contributed by atoms with Gasteiger partial charge in [-0.3, -0.25) is 0 Å². The van der Waals surface area contributed by atoms with E-state index in [1.807, 2.05) is 0 Å². The van der Waals surface area contributed by atoms with Gasteiger partial charge >= 0.3 is 6.61 Å². The summed E-state index contributed by atoms with van der Waals surface area (Å²) < 4.78 is 27.9. The van der Waals surface area contributed by atoms with Gasteiger partial charge in [0.25, 0.3) is 0 Å². The number of nitrogens with zero attached hydrogens (tertiary/aromatic N) is 1. The van der Waals surface area contributed by atoms with Gasteiger partial charge in [0.05, 0.1) is 6.21 Å². The summed E-state index contributed by atoms with van der Waals surface area (Å²) in [6.07, 6.45) is 1.25. The van der Waals surface area contributed by atoms with E-state index in [1.54, 1.807) is 18.2 Å². The minimum absolute atomic E-state index is 0.0618. The number of rotatable bonds is 3. The number of nitrogens with two attached hydrogens (primary N) is 1. The van der Waals surface area contributed by atoms with Gasteiger partial charge in [0.2, 0.25) is 0 Å². The number of hydrogen-bond donors (Lipinski definition) is 1. The summed E-state index contributed by atoms with van der Waals surface area (Å²) in [5.41, 5.74) is 0.422. The predicted molar refractivity (Wildman–Crippen MR) is 44.9 cm³/mol. The highest BCUT2D eigenvalue weighted by Crippen LogP contribution is 2.17. The van der Waals surface area contributed by atoms with Gasteiger partial charge in [-0.05, 0) is 12.1 Å². The first-order chi connectivity index (χ1) is 6.24. The van der Waals surface area contributed by atoms with E-state index in [1.165, 1.54) is 12.3 Å². The van der Waals surface area contributed by atoms with Crippen molar-refractivity contribution in [2.75, 3.05) is 0 Å². The third-order valence-corrected chi connectivity index (χ3v) is 1.35. The van der Waals surface area contributed by atoms with Gasteiger partial charge < -0.3 is 10.6 Å². The van der Waals surface area contributed by atoms with Gasteiger partial charge in [0.1, 0.15) is 5.75 Å². The van der Waals surface area contributed by atoms with Crippen LogP contribution >= 0.6 is 0 Å². The average molecular weight is 186 g/mol. The Bertz CT molecular complexity index is 302. The van der Waals surface area contributed by atoms with Gasteiger partial charge in [-0.1, -0.05) is 12.1 Å². The molecule has 0 saturated heterocycles. The van der Waals surface area contributed by atoms with Crippen LogP contribution in [0, 0.1) is 0 Å². The molecule has 3 nitrogen and oxygen atoms in total. The molecule has 13 heavy (non-hydrogen) atoms. The van der Waals surface area contributed by atoms with Crippen molar-refractivity contribution >= 4 is 6.21 Å². The van der Waals surface area contributed by atoms with E-state index >= 15 is 0 Å². The minimum atomic E-state index is -2.84. The lowest BCUT2D eigenvalue weighted by molar-refractivity contribution is -0.0499. The summed E-state index contributed by atoms with van der Waals surface area (Å²) in [6, 6.07) is 6.26. The van der Waals surface area contributed by atoms with E-state index in [-0.39, 0.29) is 5.75 Å². The first-order valence-corrected chi connectivity index (χ1v) is 3.51. The quantitative estimate of drug-likeness (QED) is 0.442. The Kier molecular flexibility index (Phi) is 3.19. The molecule has 0 amide bonds. The lowest BCUT2D eigenvalue weighted by atomic mass is 10.2. The van der Waals surface area contributed by atoms with Crippen LogP contribution in [0.3, 0.4) is 0 Å². The molecule has 0 aliphatic carbocycles. The Balaban J connectivity index is 2.90. The largest absolute Gasteiger partial charge is 0.434 e. The number of halogens is 2. The number of hydrogen-bond acceptors (Lipinski definition) is 3. The van der Waals surface area contributed by atoms with Gasteiger partial charge in [0, 0.05) is 5.56 Å². The number of para-hydroxylation sites is 1. The van der Waals surface area contributed by atoms with Crippen LogP contribution in [0.4, 0.5) is 8.78 Å². The van der Waals surface area contributed by atoms with Crippen LogP contribution in [0.25, 0.3) is 0 Å². The molecule has 0 aromatic heterocycles. The van der Waals surface area contributed by atoms with Crippen molar-refractivity contribution in [3.63, 3.8) is 0 Å². The fraction of sp³-hybridized carbons (Fsp3) is 0.125. The molecule has 1 rings (SSSR count). The molecule has 5 heteroatoms. The molecule has 1 aromatic rings. The summed E-state index contributed by atoms with van der Waals surface area (Å²) >= 11 is 0. The number of hydrazone groups is 1. The fourth-order valence-corrected chi connectivity index (χ4v) is 0.871. The zero-order chi connectivity index (χ0) is 9.68. The molecule has 2 N–H and O–H groups in total. The zero-order valence-electron chi connectivity index (χ0n) is 6.65. The van der Waals surface area contributed by atoms with Crippen LogP contribution in [0.15, 0.2) is 29.4 Å². The third-order valence-electron chi connectivity index (χ3n) is 1.35. The van der Waals surface area contributed by atoms with E-state index in [0.717, 1.165) is 0 Å². The highest BCUT2D eigenvalue weighted by molar-refractivity contribution is 5.83. The van der Waals surface area contributed by atoms with Crippen LogP contribution in [0.5, 0.6) is 5.75 Å². The lowest BCUT2D eigenvalue weighted by Crippen LogP contribution is -2.04. The van der Waals surface area contributed by atoms with E-state index in [9.17, 15) is 8.78 Å². The van der Waals surface area contributed by atoms with Crippen LogP contribution in [-0.4, -0.2) is 12.8 Å². The molecule has 0 atom stereocenters. The molecule has 0 heterocycles. The summed E-state index contributed by atoms with van der Waals surface area (Å²) in [7, 11) is 0. The van der Waals surface area contributed by atoms with E-state index < -0.39 is 6.61 Å². The number of alkyl halides is 2. The van der Waals surface area contributed by atoms with Crippen LogP contribution in [0.1, 0.15) is 5.56 Å². The van der Waals surface area contributed by atoms with Crippen molar-refractivity contribution in [2.45, 2.75) is 6.61 Å². The lowest BCUT2D eigenvalue weighted by Gasteiger charge is -2.06. The highest BCUT2D eigenvalue weighted by Gasteiger charge is 2.06. The second-order valence-electron chi connectivity index (χ2n) is 2.19. The standard InChI is InChI=1S/C8H8F2N2O/c9-8(10)13-7-4-2-1-3-6(7)5-12-11/h1-5,8H,11H2/b12-5-. The maximum Gasteiger partial charge on any atom is 0.387 e. The zero-order valence-corrected chi connectivity index (χ0v) is 6.65. The van der Waals surface area contributed by atoms with E-state index in [4.69, 9.17) is 5.84 Å². The molecule has 0 bridgehead atoms. The average Bonchev–Trinajstić information content (AvgIpc) is 2.08. The smallest absolute Gasteiger partial charge is 0.387 e. The molecule has 70 valence electrons. The Morgan fingerprint density at radius 3 is 2.69 bits per heavy atom. The summed E-state index contributed by atoms with van der Waals surface area (Å²) in [4.78, 5) is 0. The normalized spacial score (nSPS) is 11.0. The fourth-order valence-electron chi connectivity index (χ4n) is 0.871. The van der Waals surface area contributed by atoms with E-state index in [0.29, 0.717) is 5.56 Å². The molecule has 0 radical (unpaired) electrons. The second-order valence-corrected chi connectivity index (χ2v) is 2.19. The Morgan fingerprint density at radius 2 is 2.08 bits per heavy atom. The van der Waals surface area contributed by atoms with Crippen LogP contribution < -0.4 is 10.6 Å². The van der Waals surface area contributed by atoms with Gasteiger partial charge in [0.15, 0.2) is 0 Å². The van der Waals surface area contributed by atoms with Crippen molar-refractivity contribution in [1.82, 2.24) is 0 Å². The van der Waals surface area contributed by atoms with Gasteiger partial charge in [-0.15, -0.1) is 0 Å². The van der Waals surface area contributed by atoms with E-state index in [2.05, 4.69) is 9.84 Å². The first kappa shape index (κ1) is 9.44. The summed E-state index contributed by atoms with van der Waals surface area (Å²) in [5, 5.41) is 3.22. The summed E-state index contributed by atoms with van der Waals surface area (Å²) in [6.45, 7) is -2.84. The summed E-state index contributed by atoms with van der Waals surface area (Å²) in [5.74, 6) is 4.95. The SMILES string of the molecule is N/N=C\c1ccccc1OC(F)F. The van der Waals surface area contributed by atoms with Crippen LogP contribution in [0.2, 0.25) is 0 Å². The maximum atomic E-state index is 11.8. The highest BCUT2D eigenvalue weighted by atomic mass is 19.3. The number of benzene rings is 1. The second kappa shape index (κ2) is 4.39. The monoisotopic (exact) mass is 186 g/mol. The minimum Gasteiger partial charge on any atom is -0.434 e. The van der Waals surface area contributed by atoms with Crippen LogP contribution in [-0.2, 0) is 0 Å². The van der Waals surface area contributed by atoms with Crippen molar-refractivity contribution < 1.29 is 13.5 Å². The Morgan fingerprint density at radius 1 is 1.38 bits per heavy atom.